The lowest BCUT2D eigenvalue weighted by Crippen LogP contribution is -2.44. The molecule has 1 aromatic rings. The van der Waals surface area contributed by atoms with Gasteiger partial charge in [-0.15, -0.1) is 0 Å². The van der Waals surface area contributed by atoms with Gasteiger partial charge in [0, 0.05) is 20.1 Å². The Labute approximate surface area is 130 Å². The second-order valence-electron chi connectivity index (χ2n) is 6.33. The van der Waals surface area contributed by atoms with Gasteiger partial charge in [0.25, 0.3) is 0 Å². The third kappa shape index (κ3) is 1.72. The van der Waals surface area contributed by atoms with E-state index < -0.39 is 25.6 Å². The average molecular weight is 342 g/mol. The fraction of sp³-hybridized carbons (Fsp3) is 0.571. The molecular formula is C14H18N2O4S2. The lowest BCUT2D eigenvalue weighted by molar-refractivity contribution is 0.245. The molecule has 1 aliphatic carbocycles. The first-order chi connectivity index (χ1) is 10.3. The summed E-state index contributed by atoms with van der Waals surface area (Å²) in [4.78, 5) is 0.308. The van der Waals surface area contributed by atoms with Crippen LogP contribution in [0.1, 0.15) is 24.8 Å². The summed E-state index contributed by atoms with van der Waals surface area (Å²) in [6, 6.07) is 6.93. The summed E-state index contributed by atoms with van der Waals surface area (Å²) in [5.41, 5.74) is -0.0248. The van der Waals surface area contributed by atoms with E-state index in [0.717, 1.165) is 18.4 Å². The zero-order valence-corrected chi connectivity index (χ0v) is 13.9. The van der Waals surface area contributed by atoms with E-state index in [1.165, 1.54) is 8.61 Å². The fourth-order valence-corrected chi connectivity index (χ4v) is 7.34. The van der Waals surface area contributed by atoms with Crippen LogP contribution in [-0.4, -0.2) is 50.8 Å². The van der Waals surface area contributed by atoms with Gasteiger partial charge >= 0.3 is 0 Å². The van der Waals surface area contributed by atoms with Crippen LogP contribution >= 0.6 is 0 Å². The van der Waals surface area contributed by atoms with Crippen LogP contribution in [-0.2, 0) is 25.6 Å². The highest BCUT2D eigenvalue weighted by atomic mass is 32.2. The minimum Gasteiger partial charge on any atom is -0.212 e. The van der Waals surface area contributed by atoms with Crippen LogP contribution < -0.4 is 0 Å². The Morgan fingerprint density at radius 1 is 1.23 bits per heavy atom. The highest BCUT2D eigenvalue weighted by Gasteiger charge is 2.57. The Kier molecular flexibility index (Phi) is 2.87. The van der Waals surface area contributed by atoms with Crippen LogP contribution in [0.3, 0.4) is 0 Å². The molecular weight excluding hydrogens is 324 g/mol. The van der Waals surface area contributed by atoms with Gasteiger partial charge in [0.05, 0.1) is 15.7 Å². The third-order valence-electron chi connectivity index (χ3n) is 5.15. The number of nitrogens with zero attached hydrogens (tertiary/aromatic N) is 2. The molecule has 1 saturated carbocycles. The Morgan fingerprint density at radius 2 is 1.91 bits per heavy atom. The van der Waals surface area contributed by atoms with E-state index >= 15 is 0 Å². The van der Waals surface area contributed by atoms with E-state index in [1.807, 2.05) is 12.1 Å². The number of likely N-dealkylation sites (N-methyl/N-ethyl adjacent to an activating group) is 1. The Morgan fingerprint density at radius 3 is 2.59 bits per heavy atom. The van der Waals surface area contributed by atoms with Gasteiger partial charge in [0.1, 0.15) is 0 Å². The molecule has 1 aromatic carbocycles. The van der Waals surface area contributed by atoms with Gasteiger partial charge in [-0.1, -0.05) is 18.2 Å². The molecule has 6 nitrogen and oxygen atoms in total. The standard InChI is InChI=1S/C14H18N2O4S2/c1-15-14(12-4-2-3-5-13(12)22(15,19)20)8-9-16(10-14)21(17,18)11-6-7-11/h2-5,11H,6-10H2,1H3. The maximum Gasteiger partial charge on any atom is 0.244 e. The molecule has 0 aromatic heterocycles. The van der Waals surface area contributed by atoms with Crippen LogP contribution in [0.2, 0.25) is 0 Å². The zero-order valence-electron chi connectivity index (χ0n) is 12.3. The van der Waals surface area contributed by atoms with E-state index in [-0.39, 0.29) is 11.8 Å². The molecule has 2 heterocycles. The van der Waals surface area contributed by atoms with Gasteiger partial charge in [0.2, 0.25) is 20.0 Å². The summed E-state index contributed by atoms with van der Waals surface area (Å²) in [6.45, 7) is 0.603. The minimum atomic E-state index is -3.54. The molecule has 2 aliphatic heterocycles. The van der Waals surface area contributed by atoms with Crippen molar-refractivity contribution in [1.82, 2.24) is 8.61 Å². The Hall–Kier alpha value is -0.960. The first-order valence-electron chi connectivity index (χ1n) is 7.38. The third-order valence-corrected chi connectivity index (χ3v) is 9.48. The summed E-state index contributed by atoms with van der Waals surface area (Å²) in [6.07, 6.45) is 1.94. The molecule has 2 fully saturated rings. The molecule has 1 saturated heterocycles. The van der Waals surface area contributed by atoms with Crippen LogP contribution in [0.5, 0.6) is 0 Å². The van der Waals surface area contributed by atoms with Crippen LogP contribution in [0.4, 0.5) is 0 Å². The van der Waals surface area contributed by atoms with Crippen molar-refractivity contribution in [3.05, 3.63) is 29.8 Å². The number of benzene rings is 1. The van der Waals surface area contributed by atoms with E-state index in [1.54, 1.807) is 19.2 Å². The van der Waals surface area contributed by atoms with Crippen molar-refractivity contribution in [2.75, 3.05) is 20.1 Å². The second kappa shape index (κ2) is 4.31. The monoisotopic (exact) mass is 342 g/mol. The molecule has 0 amide bonds. The first kappa shape index (κ1) is 14.6. The number of hydrogen-bond donors (Lipinski definition) is 0. The Balaban J connectivity index is 1.80. The van der Waals surface area contributed by atoms with Crippen molar-refractivity contribution in [2.24, 2.45) is 0 Å². The molecule has 0 N–H and O–H groups in total. The highest BCUT2D eigenvalue weighted by Crippen LogP contribution is 2.49. The average Bonchev–Trinajstić information content (AvgIpc) is 3.23. The normalized spacial score (nSPS) is 31.7. The van der Waals surface area contributed by atoms with Gasteiger partial charge in [-0.3, -0.25) is 0 Å². The number of sulfonamides is 2. The van der Waals surface area contributed by atoms with Crippen LogP contribution in [0, 0.1) is 0 Å². The Bertz CT molecular complexity index is 845. The molecule has 1 unspecified atom stereocenters. The fourth-order valence-electron chi connectivity index (χ4n) is 3.65. The second-order valence-corrected chi connectivity index (χ2v) is 10.5. The van der Waals surface area contributed by atoms with E-state index in [2.05, 4.69) is 0 Å². The van der Waals surface area contributed by atoms with Crippen LogP contribution in [0.15, 0.2) is 29.2 Å². The lowest BCUT2D eigenvalue weighted by Gasteiger charge is -2.31. The SMILES string of the molecule is CN1C2(CCN(S(=O)(=O)C3CC3)C2)c2ccccc2S1(=O)=O. The summed E-state index contributed by atoms with van der Waals surface area (Å²) in [5, 5.41) is -0.263. The predicted molar refractivity (Wildman–Crippen MR) is 81.2 cm³/mol. The smallest absolute Gasteiger partial charge is 0.212 e. The van der Waals surface area contributed by atoms with E-state index in [0.29, 0.717) is 17.9 Å². The molecule has 0 radical (unpaired) electrons. The van der Waals surface area contributed by atoms with Crippen molar-refractivity contribution in [3.63, 3.8) is 0 Å². The maximum atomic E-state index is 12.6. The lowest BCUT2D eigenvalue weighted by atomic mass is 9.89. The van der Waals surface area contributed by atoms with Crippen molar-refractivity contribution in [3.8, 4) is 0 Å². The number of rotatable bonds is 2. The van der Waals surface area contributed by atoms with Gasteiger partial charge in [-0.25, -0.2) is 16.8 Å². The molecule has 22 heavy (non-hydrogen) atoms. The maximum absolute atomic E-state index is 12.6. The summed E-state index contributed by atoms with van der Waals surface area (Å²) >= 11 is 0. The van der Waals surface area contributed by atoms with E-state index in [9.17, 15) is 16.8 Å². The summed E-state index contributed by atoms with van der Waals surface area (Å²) in [7, 11) is -5.26. The van der Waals surface area contributed by atoms with E-state index in [4.69, 9.17) is 0 Å². The first-order valence-corrected chi connectivity index (χ1v) is 10.3. The van der Waals surface area contributed by atoms with Gasteiger partial charge in [-0.2, -0.15) is 8.61 Å². The molecule has 8 heteroatoms. The molecule has 1 atom stereocenters. The summed E-state index contributed by atoms with van der Waals surface area (Å²) in [5.74, 6) is 0. The van der Waals surface area contributed by atoms with Crippen molar-refractivity contribution < 1.29 is 16.8 Å². The molecule has 4 rings (SSSR count). The summed E-state index contributed by atoms with van der Waals surface area (Å²) < 4.78 is 53.0. The number of hydrogen-bond acceptors (Lipinski definition) is 4. The molecule has 1 spiro atoms. The molecule has 120 valence electrons. The highest BCUT2D eigenvalue weighted by molar-refractivity contribution is 7.90. The van der Waals surface area contributed by atoms with Gasteiger partial charge in [-0.05, 0) is 30.9 Å². The largest absolute Gasteiger partial charge is 0.244 e. The minimum absolute atomic E-state index is 0.221. The van der Waals surface area contributed by atoms with Crippen LogP contribution in [0.25, 0.3) is 0 Å². The van der Waals surface area contributed by atoms with Crippen molar-refractivity contribution in [2.45, 2.75) is 34.9 Å². The van der Waals surface area contributed by atoms with Gasteiger partial charge in [0.15, 0.2) is 0 Å². The molecule has 3 aliphatic rings. The predicted octanol–water partition coefficient (Wildman–Crippen LogP) is 0.714. The zero-order chi connectivity index (χ0) is 15.8. The quantitative estimate of drug-likeness (QED) is 0.793. The van der Waals surface area contributed by atoms with Crippen molar-refractivity contribution >= 4 is 20.0 Å². The number of fused-ring (bicyclic) bond motifs is 2. The molecule has 0 bridgehead atoms. The van der Waals surface area contributed by atoms with Crippen molar-refractivity contribution in [1.29, 1.82) is 0 Å². The van der Waals surface area contributed by atoms with Gasteiger partial charge < -0.3 is 0 Å². The topological polar surface area (TPSA) is 74.8 Å².